The molecule has 4 nitrogen and oxygen atoms in total. The van der Waals surface area contributed by atoms with Crippen LogP contribution in [0.15, 0.2) is 85.2 Å². The highest BCUT2D eigenvalue weighted by Gasteiger charge is 2.13. The summed E-state index contributed by atoms with van der Waals surface area (Å²) in [4.78, 5) is 6.92. The topological polar surface area (TPSA) is 50.0 Å². The molecule has 0 bridgehead atoms. The molecule has 3 aromatic carbocycles. The van der Waals surface area contributed by atoms with Crippen LogP contribution in [0.4, 0.5) is 0 Å². The van der Waals surface area contributed by atoms with E-state index in [0.29, 0.717) is 0 Å². The third-order valence-corrected chi connectivity index (χ3v) is 6.32. The first-order valence-corrected chi connectivity index (χ1v) is 11.3. The SMILES string of the molecule is COc1cccc(-c2c[nH]c(-c3cc(C)c(-c4cc(-c5cccc(OC)c5)c[nH]4)cc3C)c2)c1. The number of methoxy groups -OCH3 is 2. The first kappa shape index (κ1) is 21.7. The number of aromatic amines is 2. The minimum atomic E-state index is 0.857. The number of hydrogen-bond acceptors (Lipinski definition) is 2. The van der Waals surface area contributed by atoms with Crippen molar-refractivity contribution in [3.63, 3.8) is 0 Å². The zero-order valence-electron chi connectivity index (χ0n) is 19.9. The average molecular weight is 449 g/mol. The Labute approximate surface area is 200 Å². The molecule has 2 aromatic heterocycles. The molecule has 0 atom stereocenters. The van der Waals surface area contributed by atoms with Crippen LogP contribution in [0.25, 0.3) is 44.8 Å². The molecule has 170 valence electrons. The highest BCUT2D eigenvalue weighted by molar-refractivity contribution is 5.79. The molecule has 0 fully saturated rings. The number of rotatable bonds is 6. The fraction of sp³-hybridized carbons (Fsp3) is 0.133. The molecule has 0 radical (unpaired) electrons. The van der Waals surface area contributed by atoms with Crippen molar-refractivity contribution in [3.05, 3.63) is 96.3 Å². The molecule has 0 saturated carbocycles. The Kier molecular flexibility index (Phi) is 5.72. The summed E-state index contributed by atoms with van der Waals surface area (Å²) in [6.45, 7) is 4.33. The molecule has 0 unspecified atom stereocenters. The van der Waals surface area contributed by atoms with Gasteiger partial charge in [-0.05, 0) is 95.8 Å². The van der Waals surface area contributed by atoms with E-state index in [0.717, 1.165) is 45.1 Å². The highest BCUT2D eigenvalue weighted by Crippen LogP contribution is 2.35. The summed E-state index contributed by atoms with van der Waals surface area (Å²) in [6.07, 6.45) is 4.11. The molecule has 5 rings (SSSR count). The van der Waals surface area contributed by atoms with E-state index < -0.39 is 0 Å². The van der Waals surface area contributed by atoms with Crippen LogP contribution >= 0.6 is 0 Å². The van der Waals surface area contributed by atoms with E-state index in [9.17, 15) is 0 Å². The molecule has 34 heavy (non-hydrogen) atoms. The third-order valence-electron chi connectivity index (χ3n) is 6.32. The van der Waals surface area contributed by atoms with Gasteiger partial charge in [-0.3, -0.25) is 0 Å². The number of aromatic nitrogens is 2. The maximum absolute atomic E-state index is 5.38. The molecule has 4 heteroatoms. The Hall–Kier alpha value is -4.18. The second-order valence-electron chi connectivity index (χ2n) is 8.55. The standard InChI is InChI=1S/C30H28N2O2/c1-19-11-28(30-16-24(18-32-30)22-8-6-10-26(14-22)34-4)20(2)12-27(19)29-15-23(17-31-29)21-7-5-9-25(13-21)33-3/h5-18,31-32H,1-4H3. The van der Waals surface area contributed by atoms with E-state index in [-0.39, 0.29) is 0 Å². The molecule has 0 saturated heterocycles. The summed E-state index contributed by atoms with van der Waals surface area (Å²) in [5.41, 5.74) is 11.6. The lowest BCUT2D eigenvalue weighted by molar-refractivity contribution is 0.415. The maximum Gasteiger partial charge on any atom is 0.119 e. The number of benzene rings is 3. The van der Waals surface area contributed by atoms with Crippen molar-refractivity contribution in [2.45, 2.75) is 13.8 Å². The predicted octanol–water partition coefficient (Wildman–Crippen LogP) is 7.64. The fourth-order valence-electron chi connectivity index (χ4n) is 4.43. The normalized spacial score (nSPS) is 10.9. The van der Waals surface area contributed by atoms with Gasteiger partial charge in [-0.15, -0.1) is 0 Å². The molecule has 0 amide bonds. The lowest BCUT2D eigenvalue weighted by atomic mass is 9.95. The molecule has 5 aromatic rings. The van der Waals surface area contributed by atoms with Crippen LogP contribution in [0.1, 0.15) is 11.1 Å². The molecule has 0 aliphatic carbocycles. The Morgan fingerprint density at radius 3 is 1.38 bits per heavy atom. The van der Waals surface area contributed by atoms with Crippen molar-refractivity contribution >= 4 is 0 Å². The van der Waals surface area contributed by atoms with E-state index in [1.54, 1.807) is 14.2 Å². The van der Waals surface area contributed by atoms with Crippen LogP contribution in [-0.4, -0.2) is 24.2 Å². The number of hydrogen-bond donors (Lipinski definition) is 2. The summed E-state index contributed by atoms with van der Waals surface area (Å²) in [7, 11) is 3.39. The fourth-order valence-corrected chi connectivity index (χ4v) is 4.43. The monoisotopic (exact) mass is 448 g/mol. The van der Waals surface area contributed by atoms with Crippen molar-refractivity contribution in [2.24, 2.45) is 0 Å². The summed E-state index contributed by atoms with van der Waals surface area (Å²) in [5.74, 6) is 1.71. The van der Waals surface area contributed by atoms with Gasteiger partial charge in [-0.25, -0.2) is 0 Å². The van der Waals surface area contributed by atoms with E-state index in [1.165, 1.54) is 22.3 Å². The van der Waals surface area contributed by atoms with Gasteiger partial charge in [0.15, 0.2) is 0 Å². The van der Waals surface area contributed by atoms with Crippen LogP contribution in [0.3, 0.4) is 0 Å². The van der Waals surface area contributed by atoms with Crippen molar-refractivity contribution in [1.82, 2.24) is 9.97 Å². The largest absolute Gasteiger partial charge is 0.497 e. The van der Waals surface area contributed by atoms with Crippen LogP contribution in [0.2, 0.25) is 0 Å². The van der Waals surface area contributed by atoms with E-state index >= 15 is 0 Å². The van der Waals surface area contributed by atoms with Gasteiger partial charge in [0.1, 0.15) is 11.5 Å². The third kappa shape index (κ3) is 4.11. The summed E-state index contributed by atoms with van der Waals surface area (Å²) < 4.78 is 10.8. The molecular formula is C30H28N2O2. The molecule has 0 spiro atoms. The van der Waals surface area contributed by atoms with Crippen molar-refractivity contribution in [2.75, 3.05) is 14.2 Å². The van der Waals surface area contributed by atoms with Crippen LogP contribution in [0.5, 0.6) is 11.5 Å². The molecule has 0 aliphatic rings. The summed E-state index contributed by atoms with van der Waals surface area (Å²) in [5, 5.41) is 0. The zero-order valence-corrected chi connectivity index (χ0v) is 19.9. The first-order valence-electron chi connectivity index (χ1n) is 11.3. The van der Waals surface area contributed by atoms with Gasteiger partial charge in [-0.1, -0.05) is 24.3 Å². The van der Waals surface area contributed by atoms with Crippen molar-refractivity contribution < 1.29 is 9.47 Å². The summed E-state index contributed by atoms with van der Waals surface area (Å²) in [6, 6.07) is 25.2. The lowest BCUT2D eigenvalue weighted by Crippen LogP contribution is -1.90. The average Bonchev–Trinajstić information content (AvgIpc) is 3.56. The van der Waals surface area contributed by atoms with Gasteiger partial charge in [0.2, 0.25) is 0 Å². The second-order valence-corrected chi connectivity index (χ2v) is 8.55. The number of ether oxygens (including phenoxy) is 2. The first-order chi connectivity index (χ1) is 16.6. The molecule has 2 heterocycles. The molecule has 2 N–H and O–H groups in total. The quantitative estimate of drug-likeness (QED) is 0.280. The van der Waals surface area contributed by atoms with Gasteiger partial charge in [0, 0.05) is 34.9 Å². The minimum Gasteiger partial charge on any atom is -0.497 e. The predicted molar refractivity (Wildman–Crippen MR) is 139 cm³/mol. The maximum atomic E-state index is 5.38. The van der Waals surface area contributed by atoms with E-state index in [4.69, 9.17) is 9.47 Å². The zero-order chi connectivity index (χ0) is 23.7. The van der Waals surface area contributed by atoms with Gasteiger partial charge >= 0.3 is 0 Å². The smallest absolute Gasteiger partial charge is 0.119 e. The Balaban J connectivity index is 1.46. The Morgan fingerprint density at radius 1 is 0.529 bits per heavy atom. The van der Waals surface area contributed by atoms with E-state index in [1.807, 2.05) is 24.3 Å². The van der Waals surface area contributed by atoms with Crippen molar-refractivity contribution in [1.29, 1.82) is 0 Å². The van der Waals surface area contributed by atoms with Crippen molar-refractivity contribution in [3.8, 4) is 56.3 Å². The van der Waals surface area contributed by atoms with Crippen LogP contribution in [0, 0.1) is 13.8 Å². The molecule has 0 aliphatic heterocycles. The van der Waals surface area contributed by atoms with Gasteiger partial charge in [0.05, 0.1) is 14.2 Å². The van der Waals surface area contributed by atoms with Gasteiger partial charge in [-0.2, -0.15) is 0 Å². The van der Waals surface area contributed by atoms with Gasteiger partial charge < -0.3 is 19.4 Å². The van der Waals surface area contributed by atoms with Gasteiger partial charge in [0.25, 0.3) is 0 Å². The highest BCUT2D eigenvalue weighted by atomic mass is 16.5. The minimum absolute atomic E-state index is 0.857. The Bertz CT molecular complexity index is 1350. The van der Waals surface area contributed by atoms with E-state index in [2.05, 4.69) is 84.7 Å². The number of aryl methyl sites for hydroxylation is 2. The Morgan fingerprint density at radius 2 is 0.971 bits per heavy atom. The number of H-pyrrole nitrogens is 2. The molecular weight excluding hydrogens is 420 g/mol. The van der Waals surface area contributed by atoms with Crippen LogP contribution in [-0.2, 0) is 0 Å². The lowest BCUT2D eigenvalue weighted by Gasteiger charge is -2.11. The van der Waals surface area contributed by atoms with Crippen LogP contribution < -0.4 is 9.47 Å². The summed E-state index contributed by atoms with van der Waals surface area (Å²) >= 11 is 0. The second kappa shape index (κ2) is 8.99. The number of nitrogens with one attached hydrogen (secondary N) is 2.